The van der Waals surface area contributed by atoms with Crippen molar-refractivity contribution in [3.05, 3.63) is 41.7 Å². The van der Waals surface area contributed by atoms with Crippen molar-refractivity contribution in [1.82, 2.24) is 15.1 Å². The van der Waals surface area contributed by atoms with E-state index in [2.05, 4.69) is 15.7 Å². The van der Waals surface area contributed by atoms with Crippen LogP contribution in [0, 0.1) is 0 Å². The van der Waals surface area contributed by atoms with Crippen LogP contribution in [-0.4, -0.2) is 34.2 Å². The molecule has 1 saturated carbocycles. The molecule has 1 aromatic heterocycles. The second kappa shape index (κ2) is 8.71. The van der Waals surface area contributed by atoms with Crippen molar-refractivity contribution in [3.63, 3.8) is 0 Å². The topological polar surface area (TPSA) is 85.2 Å². The highest BCUT2D eigenvalue weighted by molar-refractivity contribution is 6.30. The van der Waals surface area contributed by atoms with Gasteiger partial charge in [-0.3, -0.25) is 14.3 Å². The van der Waals surface area contributed by atoms with Gasteiger partial charge in [0.1, 0.15) is 12.3 Å². The molecule has 26 heavy (non-hydrogen) atoms. The summed E-state index contributed by atoms with van der Waals surface area (Å²) in [7, 11) is 0. The number of nitrogens with one attached hydrogen (secondary N) is 2. The summed E-state index contributed by atoms with van der Waals surface area (Å²) >= 11 is 5.79. The summed E-state index contributed by atoms with van der Waals surface area (Å²) in [6, 6.07) is 7.04. The summed E-state index contributed by atoms with van der Waals surface area (Å²) in [6.07, 6.45) is 7.54. The molecule has 0 bridgehead atoms. The van der Waals surface area contributed by atoms with E-state index in [0.717, 1.165) is 12.8 Å². The Bertz CT molecular complexity index is 754. The van der Waals surface area contributed by atoms with Gasteiger partial charge in [-0.1, -0.05) is 24.4 Å². The van der Waals surface area contributed by atoms with Crippen molar-refractivity contribution in [1.29, 1.82) is 0 Å². The number of rotatable bonds is 7. The zero-order valence-electron chi connectivity index (χ0n) is 14.3. The average Bonchev–Trinajstić information content (AvgIpc) is 3.26. The Labute approximate surface area is 156 Å². The molecule has 8 heteroatoms. The summed E-state index contributed by atoms with van der Waals surface area (Å²) in [5, 5.41) is 10.4. The Kier molecular flexibility index (Phi) is 6.12. The van der Waals surface area contributed by atoms with E-state index in [1.54, 1.807) is 30.5 Å². The van der Waals surface area contributed by atoms with Crippen molar-refractivity contribution < 1.29 is 14.3 Å². The maximum Gasteiger partial charge on any atom is 0.262 e. The number of hydrogen-bond donors (Lipinski definition) is 2. The van der Waals surface area contributed by atoms with Crippen LogP contribution in [-0.2, 0) is 16.1 Å². The molecule has 0 radical (unpaired) electrons. The van der Waals surface area contributed by atoms with Gasteiger partial charge in [-0.2, -0.15) is 5.10 Å². The average molecular weight is 377 g/mol. The Morgan fingerprint density at radius 2 is 1.92 bits per heavy atom. The molecule has 0 unspecified atom stereocenters. The molecule has 1 aromatic carbocycles. The summed E-state index contributed by atoms with van der Waals surface area (Å²) < 4.78 is 6.88. The number of ether oxygens (including phenoxy) is 1. The SMILES string of the molecule is O=C(COc1ccc(Cl)cc1)Nc1cnn(CC(=O)NC2CCCC2)c1. The van der Waals surface area contributed by atoms with Crippen molar-refractivity contribution in [2.75, 3.05) is 11.9 Å². The molecule has 1 aliphatic rings. The molecule has 2 amide bonds. The van der Waals surface area contributed by atoms with Crippen LogP contribution in [0.25, 0.3) is 0 Å². The summed E-state index contributed by atoms with van der Waals surface area (Å²) in [5.41, 5.74) is 0.517. The van der Waals surface area contributed by atoms with E-state index in [9.17, 15) is 9.59 Å². The lowest BCUT2D eigenvalue weighted by molar-refractivity contribution is -0.122. The summed E-state index contributed by atoms with van der Waals surface area (Å²) in [6.45, 7) is 0.00260. The van der Waals surface area contributed by atoms with Crippen molar-refractivity contribution in [2.24, 2.45) is 0 Å². The van der Waals surface area contributed by atoms with Crippen molar-refractivity contribution in [2.45, 2.75) is 38.3 Å². The molecule has 0 atom stereocenters. The van der Waals surface area contributed by atoms with E-state index in [4.69, 9.17) is 16.3 Å². The van der Waals surface area contributed by atoms with Gasteiger partial charge < -0.3 is 15.4 Å². The number of amides is 2. The van der Waals surface area contributed by atoms with Gasteiger partial charge in [0.2, 0.25) is 5.91 Å². The van der Waals surface area contributed by atoms with Gasteiger partial charge >= 0.3 is 0 Å². The van der Waals surface area contributed by atoms with Crippen LogP contribution in [0.5, 0.6) is 5.75 Å². The van der Waals surface area contributed by atoms with Gasteiger partial charge in [0.15, 0.2) is 6.61 Å². The van der Waals surface area contributed by atoms with Crippen molar-refractivity contribution in [3.8, 4) is 5.75 Å². The van der Waals surface area contributed by atoms with Gasteiger partial charge in [-0.05, 0) is 37.1 Å². The smallest absolute Gasteiger partial charge is 0.262 e. The maximum absolute atomic E-state index is 12.0. The fraction of sp³-hybridized carbons (Fsp3) is 0.389. The minimum absolute atomic E-state index is 0.0658. The normalized spacial score (nSPS) is 14.2. The predicted molar refractivity (Wildman–Crippen MR) is 98.2 cm³/mol. The number of carbonyl (C=O) groups is 2. The number of nitrogens with zero attached hydrogens (tertiary/aromatic N) is 2. The Balaban J connectivity index is 1.42. The first-order valence-corrected chi connectivity index (χ1v) is 8.96. The van der Waals surface area contributed by atoms with E-state index >= 15 is 0 Å². The number of hydrogen-bond acceptors (Lipinski definition) is 4. The quantitative estimate of drug-likeness (QED) is 0.777. The highest BCUT2D eigenvalue weighted by Crippen LogP contribution is 2.17. The molecule has 2 aromatic rings. The Morgan fingerprint density at radius 1 is 1.19 bits per heavy atom. The molecule has 0 aliphatic heterocycles. The second-order valence-corrected chi connectivity index (χ2v) is 6.70. The Hall–Kier alpha value is -2.54. The van der Waals surface area contributed by atoms with Gasteiger partial charge in [-0.15, -0.1) is 0 Å². The molecule has 1 fully saturated rings. The van der Waals surface area contributed by atoms with Gasteiger partial charge in [0.25, 0.3) is 5.91 Å². The standard InChI is InChI=1S/C18H21ClN4O3/c19-13-5-7-16(8-6-13)26-12-18(25)22-15-9-20-23(10-15)11-17(24)21-14-3-1-2-4-14/h5-10,14H,1-4,11-12H2,(H,21,24)(H,22,25). The third kappa shape index (κ3) is 5.49. The van der Waals surface area contributed by atoms with E-state index < -0.39 is 0 Å². The van der Waals surface area contributed by atoms with E-state index in [0.29, 0.717) is 16.5 Å². The number of aromatic nitrogens is 2. The fourth-order valence-corrected chi connectivity index (χ4v) is 3.01. The Morgan fingerprint density at radius 3 is 2.65 bits per heavy atom. The van der Waals surface area contributed by atoms with E-state index in [1.807, 2.05) is 0 Å². The van der Waals surface area contributed by atoms with Gasteiger partial charge in [0.05, 0.1) is 11.9 Å². The minimum atomic E-state index is -0.310. The second-order valence-electron chi connectivity index (χ2n) is 6.27. The van der Waals surface area contributed by atoms with Crippen LogP contribution in [0.3, 0.4) is 0 Å². The molecule has 138 valence electrons. The zero-order valence-corrected chi connectivity index (χ0v) is 15.0. The fourth-order valence-electron chi connectivity index (χ4n) is 2.88. The predicted octanol–water partition coefficient (Wildman–Crippen LogP) is 2.61. The zero-order chi connectivity index (χ0) is 18.4. The number of halogens is 1. The van der Waals surface area contributed by atoms with Crippen LogP contribution in [0.4, 0.5) is 5.69 Å². The molecular weight excluding hydrogens is 356 g/mol. The minimum Gasteiger partial charge on any atom is -0.484 e. The van der Waals surface area contributed by atoms with Crippen molar-refractivity contribution >= 4 is 29.1 Å². The maximum atomic E-state index is 12.0. The molecule has 2 N–H and O–H groups in total. The monoisotopic (exact) mass is 376 g/mol. The van der Waals surface area contributed by atoms with E-state index in [-0.39, 0.29) is 31.0 Å². The molecule has 3 rings (SSSR count). The molecule has 0 spiro atoms. The first-order chi connectivity index (χ1) is 12.6. The number of benzene rings is 1. The highest BCUT2D eigenvalue weighted by Gasteiger charge is 2.17. The van der Waals surface area contributed by atoms with E-state index in [1.165, 1.54) is 23.7 Å². The third-order valence-corrected chi connectivity index (χ3v) is 4.38. The van der Waals surface area contributed by atoms with Gasteiger partial charge in [0, 0.05) is 17.3 Å². The van der Waals surface area contributed by atoms with Crippen LogP contribution in [0.2, 0.25) is 5.02 Å². The molecular formula is C18H21ClN4O3. The molecule has 1 heterocycles. The number of anilines is 1. The van der Waals surface area contributed by atoms with Gasteiger partial charge in [-0.25, -0.2) is 0 Å². The summed E-state index contributed by atoms with van der Waals surface area (Å²) in [5.74, 6) is 0.183. The van der Waals surface area contributed by atoms with Crippen LogP contribution in [0.15, 0.2) is 36.7 Å². The molecule has 0 saturated heterocycles. The number of carbonyl (C=O) groups excluding carboxylic acids is 2. The summed E-state index contributed by atoms with van der Waals surface area (Å²) in [4.78, 5) is 23.9. The van der Waals surface area contributed by atoms with Crippen LogP contribution >= 0.6 is 11.6 Å². The first-order valence-electron chi connectivity index (χ1n) is 8.58. The van der Waals surface area contributed by atoms with Crippen LogP contribution in [0.1, 0.15) is 25.7 Å². The lowest BCUT2D eigenvalue weighted by atomic mass is 10.2. The lowest BCUT2D eigenvalue weighted by Crippen LogP contribution is -2.35. The third-order valence-electron chi connectivity index (χ3n) is 4.13. The first kappa shape index (κ1) is 18.3. The molecule has 1 aliphatic carbocycles. The van der Waals surface area contributed by atoms with Crippen LogP contribution < -0.4 is 15.4 Å². The highest BCUT2D eigenvalue weighted by atomic mass is 35.5. The molecule has 7 nitrogen and oxygen atoms in total. The largest absolute Gasteiger partial charge is 0.484 e. The lowest BCUT2D eigenvalue weighted by Gasteiger charge is -2.11.